The van der Waals surface area contributed by atoms with Crippen LogP contribution in [0.1, 0.15) is 24.8 Å². The third-order valence-corrected chi connectivity index (χ3v) is 5.86. The van der Waals surface area contributed by atoms with Crippen LogP contribution >= 0.6 is 11.8 Å². The Labute approximate surface area is 156 Å². The lowest BCUT2D eigenvalue weighted by Gasteiger charge is -2.14. The van der Waals surface area contributed by atoms with E-state index >= 15 is 0 Å². The number of aromatic nitrogens is 3. The number of amides is 1. The van der Waals surface area contributed by atoms with Crippen molar-refractivity contribution in [1.29, 1.82) is 0 Å². The largest absolute Gasteiger partial charge is 0.497 e. The van der Waals surface area contributed by atoms with Gasteiger partial charge in [0.15, 0.2) is 10.8 Å². The van der Waals surface area contributed by atoms with Crippen LogP contribution in [0.25, 0.3) is 16.6 Å². The van der Waals surface area contributed by atoms with Gasteiger partial charge in [-0.2, -0.15) is 0 Å². The van der Waals surface area contributed by atoms with Crippen LogP contribution in [0, 0.1) is 6.92 Å². The second-order valence-electron chi connectivity index (χ2n) is 6.57. The fourth-order valence-electron chi connectivity index (χ4n) is 3.48. The van der Waals surface area contributed by atoms with Crippen molar-refractivity contribution in [3.05, 3.63) is 29.8 Å². The number of ether oxygens (including phenoxy) is 1. The average Bonchev–Trinajstić information content (AvgIpc) is 3.24. The normalized spacial score (nSPS) is 14.7. The highest BCUT2D eigenvalue weighted by molar-refractivity contribution is 7.99. The standard InChI is InChI=1S/C19H22N4O2S/c1-13-11-17-20-21-19(26-10-4-9-22-8-3-5-18(22)24)23(17)16-12-14(25-2)6-7-15(13)16/h6-7,11-12H,3-5,8-10H2,1-2H3. The van der Waals surface area contributed by atoms with Crippen molar-refractivity contribution in [1.82, 2.24) is 19.5 Å². The van der Waals surface area contributed by atoms with E-state index in [4.69, 9.17) is 4.74 Å². The predicted molar refractivity (Wildman–Crippen MR) is 103 cm³/mol. The molecule has 0 spiro atoms. The lowest BCUT2D eigenvalue weighted by atomic mass is 10.1. The minimum atomic E-state index is 0.288. The van der Waals surface area contributed by atoms with Gasteiger partial charge in [-0.15, -0.1) is 10.2 Å². The first-order chi connectivity index (χ1) is 12.7. The first-order valence-electron chi connectivity index (χ1n) is 8.90. The third-order valence-electron chi connectivity index (χ3n) is 4.85. The molecule has 0 unspecified atom stereocenters. The fourth-order valence-corrected chi connectivity index (χ4v) is 4.36. The Hall–Kier alpha value is -2.28. The van der Waals surface area contributed by atoms with E-state index in [1.807, 2.05) is 17.0 Å². The summed E-state index contributed by atoms with van der Waals surface area (Å²) in [6.45, 7) is 3.82. The van der Waals surface area contributed by atoms with Crippen molar-refractivity contribution in [3.8, 4) is 5.75 Å². The second-order valence-corrected chi connectivity index (χ2v) is 7.64. The Morgan fingerprint density at radius 1 is 1.27 bits per heavy atom. The highest BCUT2D eigenvalue weighted by atomic mass is 32.2. The number of thioether (sulfide) groups is 1. The molecule has 0 bridgehead atoms. The third kappa shape index (κ3) is 3.11. The lowest BCUT2D eigenvalue weighted by molar-refractivity contribution is -0.127. The van der Waals surface area contributed by atoms with Crippen molar-refractivity contribution in [2.75, 3.05) is 26.0 Å². The van der Waals surface area contributed by atoms with Gasteiger partial charge >= 0.3 is 0 Å². The molecule has 1 aliphatic rings. The molecule has 1 amide bonds. The average molecular weight is 370 g/mol. The van der Waals surface area contributed by atoms with Gasteiger partial charge in [-0.1, -0.05) is 11.8 Å². The van der Waals surface area contributed by atoms with Crippen molar-refractivity contribution in [2.24, 2.45) is 0 Å². The van der Waals surface area contributed by atoms with E-state index in [-0.39, 0.29) is 5.91 Å². The van der Waals surface area contributed by atoms with Crippen LogP contribution in [0.5, 0.6) is 5.75 Å². The molecule has 3 heterocycles. The molecule has 1 fully saturated rings. The van der Waals surface area contributed by atoms with E-state index in [1.54, 1.807) is 18.9 Å². The Bertz CT molecular complexity index is 969. The molecular formula is C19H22N4O2S. The summed E-state index contributed by atoms with van der Waals surface area (Å²) in [5.74, 6) is 2.02. The zero-order valence-electron chi connectivity index (χ0n) is 15.1. The van der Waals surface area contributed by atoms with Crippen molar-refractivity contribution >= 4 is 34.2 Å². The van der Waals surface area contributed by atoms with Crippen molar-refractivity contribution < 1.29 is 9.53 Å². The van der Waals surface area contributed by atoms with Crippen LogP contribution in [-0.2, 0) is 4.79 Å². The van der Waals surface area contributed by atoms with Gasteiger partial charge in [0.25, 0.3) is 0 Å². The summed E-state index contributed by atoms with van der Waals surface area (Å²) in [4.78, 5) is 13.7. The molecule has 6 nitrogen and oxygen atoms in total. The van der Waals surface area contributed by atoms with Crippen LogP contribution in [-0.4, -0.2) is 51.4 Å². The second kappa shape index (κ2) is 7.15. The summed E-state index contributed by atoms with van der Waals surface area (Å²) in [7, 11) is 1.68. The maximum Gasteiger partial charge on any atom is 0.222 e. The quantitative estimate of drug-likeness (QED) is 0.492. The molecule has 4 rings (SSSR count). The number of nitrogens with zero attached hydrogens (tertiary/aromatic N) is 4. The molecule has 0 radical (unpaired) electrons. The first kappa shape index (κ1) is 17.1. The van der Waals surface area contributed by atoms with E-state index in [2.05, 4.69) is 33.7 Å². The van der Waals surface area contributed by atoms with Gasteiger partial charge < -0.3 is 9.64 Å². The highest BCUT2D eigenvalue weighted by Gasteiger charge is 2.19. The molecule has 2 aromatic heterocycles. The number of aryl methyl sites for hydroxylation is 1. The van der Waals surface area contributed by atoms with Crippen LogP contribution < -0.4 is 4.74 Å². The summed E-state index contributed by atoms with van der Waals surface area (Å²) in [5, 5.41) is 10.8. The topological polar surface area (TPSA) is 59.7 Å². The maximum absolute atomic E-state index is 11.7. The highest BCUT2D eigenvalue weighted by Crippen LogP contribution is 2.28. The van der Waals surface area contributed by atoms with E-state index in [1.165, 1.54) is 10.9 Å². The van der Waals surface area contributed by atoms with Crippen LogP contribution in [0.15, 0.2) is 29.4 Å². The Balaban J connectivity index is 1.57. The summed E-state index contributed by atoms with van der Waals surface area (Å²) >= 11 is 1.69. The van der Waals surface area contributed by atoms with Gasteiger partial charge in [-0.25, -0.2) is 0 Å². The van der Waals surface area contributed by atoms with Gasteiger partial charge in [-0.05, 0) is 43.5 Å². The summed E-state index contributed by atoms with van der Waals surface area (Å²) in [6.07, 6.45) is 2.65. The molecule has 7 heteroatoms. The number of rotatable bonds is 6. The summed E-state index contributed by atoms with van der Waals surface area (Å²) in [5.41, 5.74) is 3.08. The minimum absolute atomic E-state index is 0.288. The number of pyridine rings is 1. The van der Waals surface area contributed by atoms with Gasteiger partial charge in [0.2, 0.25) is 5.91 Å². The van der Waals surface area contributed by atoms with Crippen LogP contribution in [0.3, 0.4) is 0 Å². The molecule has 0 aliphatic carbocycles. The Kier molecular flexibility index (Phi) is 4.72. The lowest BCUT2D eigenvalue weighted by Crippen LogP contribution is -2.25. The molecule has 136 valence electrons. The molecule has 3 aromatic rings. The molecular weight excluding hydrogens is 348 g/mol. The zero-order chi connectivity index (χ0) is 18.1. The molecule has 0 saturated carbocycles. The number of likely N-dealkylation sites (tertiary alicyclic amines) is 1. The number of hydrogen-bond donors (Lipinski definition) is 0. The van der Waals surface area contributed by atoms with Gasteiger partial charge in [-0.3, -0.25) is 9.20 Å². The predicted octanol–water partition coefficient (Wildman–Crippen LogP) is 3.30. The number of carbonyl (C=O) groups excluding carboxylic acids is 1. The maximum atomic E-state index is 11.7. The SMILES string of the molecule is COc1ccc2c(C)cc3nnc(SCCCN4CCCC4=O)n3c2c1. The van der Waals surface area contributed by atoms with E-state index in [0.29, 0.717) is 6.42 Å². The smallest absolute Gasteiger partial charge is 0.222 e. The summed E-state index contributed by atoms with van der Waals surface area (Å²) in [6, 6.07) is 8.15. The number of hydrogen-bond acceptors (Lipinski definition) is 5. The number of carbonyl (C=O) groups is 1. The Morgan fingerprint density at radius 3 is 2.92 bits per heavy atom. The van der Waals surface area contributed by atoms with Gasteiger partial charge in [0.05, 0.1) is 12.6 Å². The van der Waals surface area contributed by atoms with Crippen molar-refractivity contribution in [2.45, 2.75) is 31.3 Å². The molecule has 1 saturated heterocycles. The van der Waals surface area contributed by atoms with Gasteiger partial charge in [0.1, 0.15) is 5.75 Å². The molecule has 1 aromatic carbocycles. The molecule has 26 heavy (non-hydrogen) atoms. The molecule has 0 atom stereocenters. The Morgan fingerprint density at radius 2 is 2.15 bits per heavy atom. The molecule has 1 aliphatic heterocycles. The minimum Gasteiger partial charge on any atom is -0.497 e. The number of benzene rings is 1. The zero-order valence-corrected chi connectivity index (χ0v) is 15.9. The number of methoxy groups -OCH3 is 1. The number of fused-ring (bicyclic) bond motifs is 3. The summed E-state index contributed by atoms with van der Waals surface area (Å²) < 4.78 is 7.49. The fraction of sp³-hybridized carbons (Fsp3) is 0.421. The van der Waals surface area contributed by atoms with E-state index < -0.39 is 0 Å². The van der Waals surface area contributed by atoms with E-state index in [0.717, 1.165) is 53.8 Å². The monoisotopic (exact) mass is 370 g/mol. The van der Waals surface area contributed by atoms with Crippen LogP contribution in [0.2, 0.25) is 0 Å². The van der Waals surface area contributed by atoms with Crippen molar-refractivity contribution in [3.63, 3.8) is 0 Å². The van der Waals surface area contributed by atoms with Gasteiger partial charge in [0, 0.05) is 36.7 Å². The first-order valence-corrected chi connectivity index (χ1v) is 9.89. The molecule has 0 N–H and O–H groups in total. The van der Waals surface area contributed by atoms with Crippen LogP contribution in [0.4, 0.5) is 0 Å². The van der Waals surface area contributed by atoms with E-state index in [9.17, 15) is 4.79 Å².